The van der Waals surface area contributed by atoms with Gasteiger partial charge in [0.25, 0.3) is 0 Å². The number of hydrogen-bond acceptors (Lipinski definition) is 1. The molecule has 0 aliphatic rings. The van der Waals surface area contributed by atoms with Gasteiger partial charge in [0.2, 0.25) is 0 Å². The van der Waals surface area contributed by atoms with Crippen LogP contribution in [0.15, 0.2) is 30.4 Å². The smallest absolute Gasteiger partial charge is 0.139 e. The van der Waals surface area contributed by atoms with Crippen molar-refractivity contribution in [3.63, 3.8) is 0 Å². The number of halogens is 2. The van der Waals surface area contributed by atoms with Crippen LogP contribution in [0.25, 0.3) is 0 Å². The first kappa shape index (κ1) is 11.4. The summed E-state index contributed by atoms with van der Waals surface area (Å²) in [5.41, 5.74) is 1.03. The van der Waals surface area contributed by atoms with Gasteiger partial charge in [0.15, 0.2) is 0 Å². The van der Waals surface area contributed by atoms with Gasteiger partial charge in [-0.1, -0.05) is 42.8 Å². The number of hydrogen-bond donors (Lipinski definition) is 0. The van der Waals surface area contributed by atoms with Crippen molar-refractivity contribution in [3.8, 4) is 5.75 Å². The maximum atomic E-state index is 5.93. The van der Waals surface area contributed by atoms with Gasteiger partial charge in [0, 0.05) is 0 Å². The first-order valence-electron chi connectivity index (χ1n) is 4.38. The molecule has 0 unspecified atom stereocenters. The zero-order valence-electron chi connectivity index (χ0n) is 8.02. The fourth-order valence-electron chi connectivity index (χ4n) is 0.877. The second kappa shape index (κ2) is 5.28. The topological polar surface area (TPSA) is 9.23 Å². The minimum atomic E-state index is 0.457. The van der Waals surface area contributed by atoms with Crippen LogP contribution in [0.2, 0.25) is 10.0 Å². The third kappa shape index (κ3) is 2.93. The molecule has 0 N–H and O–H groups in total. The molecule has 0 amide bonds. The van der Waals surface area contributed by atoms with E-state index in [1.807, 2.05) is 6.92 Å². The summed E-state index contributed by atoms with van der Waals surface area (Å²) in [5.74, 6) is 0.605. The predicted octanol–water partition coefficient (Wildman–Crippen LogP) is 4.34. The number of rotatable bonds is 4. The van der Waals surface area contributed by atoms with Crippen LogP contribution in [0.1, 0.15) is 13.3 Å². The molecular formula is C11H12Cl2O. The summed E-state index contributed by atoms with van der Waals surface area (Å²) in [7, 11) is 0. The van der Waals surface area contributed by atoms with E-state index in [1.54, 1.807) is 18.2 Å². The zero-order chi connectivity index (χ0) is 10.6. The molecule has 76 valence electrons. The Balaban J connectivity index is 2.68. The van der Waals surface area contributed by atoms with Crippen molar-refractivity contribution in [2.45, 2.75) is 13.3 Å². The molecule has 0 radical (unpaired) electrons. The van der Waals surface area contributed by atoms with E-state index in [0.29, 0.717) is 22.4 Å². The Kier molecular flexibility index (Phi) is 4.30. The monoisotopic (exact) mass is 230 g/mol. The van der Waals surface area contributed by atoms with Crippen molar-refractivity contribution < 1.29 is 4.74 Å². The molecule has 0 heterocycles. The van der Waals surface area contributed by atoms with E-state index in [4.69, 9.17) is 27.9 Å². The van der Waals surface area contributed by atoms with Crippen LogP contribution in [0.4, 0.5) is 0 Å². The normalized spacial score (nSPS) is 9.93. The third-order valence-electron chi connectivity index (χ3n) is 1.85. The van der Waals surface area contributed by atoms with Gasteiger partial charge in [0.1, 0.15) is 17.4 Å². The number of ether oxygens (including phenoxy) is 1. The van der Waals surface area contributed by atoms with Crippen LogP contribution in [-0.4, -0.2) is 6.61 Å². The van der Waals surface area contributed by atoms with E-state index in [9.17, 15) is 0 Å². The molecule has 0 saturated carbocycles. The quantitative estimate of drug-likeness (QED) is 0.700. The Morgan fingerprint density at radius 2 is 2.14 bits per heavy atom. The average molecular weight is 231 g/mol. The highest BCUT2D eigenvalue weighted by Crippen LogP contribution is 2.31. The third-order valence-corrected chi connectivity index (χ3v) is 2.65. The van der Waals surface area contributed by atoms with Gasteiger partial charge in [-0.2, -0.15) is 0 Å². The Hall–Kier alpha value is -0.660. The molecule has 0 spiro atoms. The highest BCUT2D eigenvalue weighted by atomic mass is 35.5. The van der Waals surface area contributed by atoms with Crippen molar-refractivity contribution in [3.05, 3.63) is 40.4 Å². The predicted molar refractivity (Wildman–Crippen MR) is 61.4 cm³/mol. The Morgan fingerprint density at radius 1 is 1.43 bits per heavy atom. The fraction of sp³-hybridized carbons (Fsp3) is 0.273. The summed E-state index contributed by atoms with van der Waals surface area (Å²) in [4.78, 5) is 0. The first-order valence-corrected chi connectivity index (χ1v) is 5.14. The van der Waals surface area contributed by atoms with Gasteiger partial charge in [0.05, 0.1) is 5.02 Å². The van der Waals surface area contributed by atoms with Gasteiger partial charge in [-0.05, 0) is 24.1 Å². The van der Waals surface area contributed by atoms with Crippen LogP contribution in [0.3, 0.4) is 0 Å². The second-order valence-electron chi connectivity index (χ2n) is 2.94. The first-order chi connectivity index (χ1) is 6.65. The maximum Gasteiger partial charge on any atom is 0.139 e. The molecule has 0 bridgehead atoms. The molecule has 1 rings (SSSR count). The summed E-state index contributed by atoms with van der Waals surface area (Å²) in [6.45, 7) is 6.35. The van der Waals surface area contributed by atoms with E-state index >= 15 is 0 Å². The summed E-state index contributed by atoms with van der Waals surface area (Å²) in [6, 6.07) is 5.32. The molecule has 0 atom stereocenters. The summed E-state index contributed by atoms with van der Waals surface area (Å²) in [5, 5.41) is 0.962. The van der Waals surface area contributed by atoms with E-state index in [-0.39, 0.29) is 0 Å². The zero-order valence-corrected chi connectivity index (χ0v) is 9.53. The lowest BCUT2D eigenvalue weighted by Crippen LogP contribution is -1.99. The molecule has 0 aromatic heterocycles. The molecule has 1 aromatic carbocycles. The van der Waals surface area contributed by atoms with Crippen LogP contribution in [0.5, 0.6) is 5.75 Å². The highest BCUT2D eigenvalue weighted by molar-refractivity contribution is 6.42. The van der Waals surface area contributed by atoms with E-state index in [1.165, 1.54) is 0 Å². The molecule has 1 nitrogen and oxygen atoms in total. The minimum Gasteiger partial charge on any atom is -0.488 e. The molecule has 0 aliphatic heterocycles. The summed E-state index contributed by atoms with van der Waals surface area (Å²) in [6.07, 6.45) is 0.901. The molecule has 0 fully saturated rings. The Bertz CT molecular complexity index is 334. The number of benzene rings is 1. The van der Waals surface area contributed by atoms with Crippen LogP contribution in [0, 0.1) is 0 Å². The SMILES string of the molecule is C=C(CC)COc1cccc(Cl)c1Cl. The van der Waals surface area contributed by atoms with Crippen LogP contribution < -0.4 is 4.74 Å². The van der Waals surface area contributed by atoms with Crippen LogP contribution >= 0.6 is 23.2 Å². The van der Waals surface area contributed by atoms with Crippen LogP contribution in [-0.2, 0) is 0 Å². The fourth-order valence-corrected chi connectivity index (χ4v) is 1.22. The van der Waals surface area contributed by atoms with Crippen molar-refractivity contribution in [1.82, 2.24) is 0 Å². The van der Waals surface area contributed by atoms with Gasteiger partial charge < -0.3 is 4.74 Å². The van der Waals surface area contributed by atoms with Gasteiger partial charge in [-0.3, -0.25) is 0 Å². The van der Waals surface area contributed by atoms with E-state index < -0.39 is 0 Å². The molecular weight excluding hydrogens is 219 g/mol. The van der Waals surface area contributed by atoms with Gasteiger partial charge in [-0.15, -0.1) is 0 Å². The highest BCUT2D eigenvalue weighted by Gasteiger charge is 2.04. The van der Waals surface area contributed by atoms with Gasteiger partial charge in [-0.25, -0.2) is 0 Å². The summed E-state index contributed by atoms with van der Waals surface area (Å²) < 4.78 is 5.45. The lowest BCUT2D eigenvalue weighted by atomic mass is 10.2. The van der Waals surface area contributed by atoms with Crippen molar-refractivity contribution >= 4 is 23.2 Å². The Labute approximate surface area is 94.3 Å². The Morgan fingerprint density at radius 3 is 2.79 bits per heavy atom. The molecule has 14 heavy (non-hydrogen) atoms. The minimum absolute atomic E-state index is 0.457. The van der Waals surface area contributed by atoms with Crippen molar-refractivity contribution in [2.24, 2.45) is 0 Å². The average Bonchev–Trinajstić information content (AvgIpc) is 2.20. The van der Waals surface area contributed by atoms with Crippen molar-refractivity contribution in [1.29, 1.82) is 0 Å². The van der Waals surface area contributed by atoms with E-state index in [0.717, 1.165) is 12.0 Å². The van der Waals surface area contributed by atoms with Crippen molar-refractivity contribution in [2.75, 3.05) is 6.61 Å². The lowest BCUT2D eigenvalue weighted by Gasteiger charge is -2.09. The van der Waals surface area contributed by atoms with Gasteiger partial charge >= 0.3 is 0 Å². The molecule has 3 heteroatoms. The maximum absolute atomic E-state index is 5.93. The standard InChI is InChI=1S/C11H12Cl2O/c1-3-8(2)7-14-10-6-4-5-9(12)11(10)13/h4-6H,2-3,7H2,1H3. The largest absolute Gasteiger partial charge is 0.488 e. The molecule has 1 aromatic rings. The molecule has 0 aliphatic carbocycles. The lowest BCUT2D eigenvalue weighted by molar-refractivity contribution is 0.349. The summed E-state index contributed by atoms with van der Waals surface area (Å²) >= 11 is 11.8. The second-order valence-corrected chi connectivity index (χ2v) is 3.73. The molecule has 0 saturated heterocycles. The van der Waals surface area contributed by atoms with E-state index in [2.05, 4.69) is 6.58 Å².